The molecule has 0 saturated heterocycles. The Balaban J connectivity index is 1.83. The highest BCUT2D eigenvalue weighted by molar-refractivity contribution is 6.05. The summed E-state index contributed by atoms with van der Waals surface area (Å²) in [5.41, 5.74) is 3.98. The van der Waals surface area contributed by atoms with E-state index in [1.54, 1.807) is 7.11 Å². The highest BCUT2D eigenvalue weighted by atomic mass is 16.5. The monoisotopic (exact) mass is 303 g/mol. The summed E-state index contributed by atoms with van der Waals surface area (Å²) in [5, 5.41) is 6.35. The number of nitrogens with zero attached hydrogens (tertiary/aromatic N) is 2. The van der Waals surface area contributed by atoms with Gasteiger partial charge in [0.1, 0.15) is 0 Å². The molecule has 1 amide bonds. The molecule has 0 unspecified atom stereocenters. The maximum atomic E-state index is 12.0. The standard InChI is InChI=1S/C19H15N2O2/c1-23-18-7-6-12(10-20-18)8-13-9-16-17(11-21-19(16)22)15-5-3-2-4-14(13)15/h2-7,9-10H,8,11H2,1H3. The van der Waals surface area contributed by atoms with E-state index in [1.807, 2.05) is 36.5 Å². The number of rotatable bonds is 3. The van der Waals surface area contributed by atoms with Gasteiger partial charge in [0.2, 0.25) is 5.88 Å². The Morgan fingerprint density at radius 3 is 2.70 bits per heavy atom. The molecule has 1 aliphatic rings. The Hall–Kier alpha value is -2.88. The molecular formula is C19H15N2O2. The van der Waals surface area contributed by atoms with Crippen molar-refractivity contribution in [2.45, 2.75) is 13.0 Å². The number of hydrogen-bond acceptors (Lipinski definition) is 3. The maximum absolute atomic E-state index is 12.0. The van der Waals surface area contributed by atoms with Crippen LogP contribution in [-0.4, -0.2) is 18.0 Å². The summed E-state index contributed by atoms with van der Waals surface area (Å²) < 4.78 is 5.10. The molecule has 23 heavy (non-hydrogen) atoms. The third kappa shape index (κ3) is 2.32. The third-order valence-electron chi connectivity index (χ3n) is 4.25. The lowest BCUT2D eigenvalue weighted by molar-refractivity contribution is 0.0961. The van der Waals surface area contributed by atoms with E-state index in [2.05, 4.69) is 22.4 Å². The fourth-order valence-corrected chi connectivity index (χ4v) is 3.11. The quantitative estimate of drug-likeness (QED) is 0.747. The first-order chi connectivity index (χ1) is 11.3. The van der Waals surface area contributed by atoms with E-state index >= 15 is 0 Å². The van der Waals surface area contributed by atoms with Crippen LogP contribution in [0.4, 0.5) is 0 Å². The van der Waals surface area contributed by atoms with Crippen molar-refractivity contribution in [3.8, 4) is 5.88 Å². The number of pyridine rings is 1. The van der Waals surface area contributed by atoms with Gasteiger partial charge in [-0.1, -0.05) is 30.3 Å². The average Bonchev–Trinajstić information content (AvgIpc) is 2.97. The molecular weight excluding hydrogens is 288 g/mol. The number of methoxy groups -OCH3 is 1. The summed E-state index contributed by atoms with van der Waals surface area (Å²) in [5.74, 6) is 0.487. The molecule has 0 spiro atoms. The maximum Gasteiger partial charge on any atom is 0.273 e. The van der Waals surface area contributed by atoms with Gasteiger partial charge in [-0.3, -0.25) is 4.79 Å². The molecule has 0 atom stereocenters. The zero-order valence-corrected chi connectivity index (χ0v) is 12.7. The highest BCUT2D eigenvalue weighted by Crippen LogP contribution is 2.31. The van der Waals surface area contributed by atoms with E-state index < -0.39 is 0 Å². The summed E-state index contributed by atoms with van der Waals surface area (Å²) in [4.78, 5) is 16.3. The zero-order valence-electron chi connectivity index (χ0n) is 12.7. The van der Waals surface area contributed by atoms with Crippen LogP contribution in [0.25, 0.3) is 10.8 Å². The molecule has 0 N–H and O–H groups in total. The van der Waals surface area contributed by atoms with Crippen LogP contribution in [-0.2, 0) is 13.0 Å². The van der Waals surface area contributed by atoms with Gasteiger partial charge in [-0.05, 0) is 39.9 Å². The van der Waals surface area contributed by atoms with E-state index in [0.717, 1.165) is 34.1 Å². The molecule has 1 aliphatic heterocycles. The Bertz CT molecular complexity index is 901. The van der Waals surface area contributed by atoms with Crippen LogP contribution in [0.3, 0.4) is 0 Å². The molecule has 1 radical (unpaired) electrons. The first-order valence-corrected chi connectivity index (χ1v) is 7.50. The molecule has 4 nitrogen and oxygen atoms in total. The molecule has 113 valence electrons. The fourth-order valence-electron chi connectivity index (χ4n) is 3.11. The van der Waals surface area contributed by atoms with Crippen molar-refractivity contribution in [2.75, 3.05) is 7.11 Å². The Morgan fingerprint density at radius 2 is 1.96 bits per heavy atom. The zero-order chi connectivity index (χ0) is 15.8. The molecule has 0 aliphatic carbocycles. The van der Waals surface area contributed by atoms with Gasteiger partial charge in [-0.25, -0.2) is 10.3 Å². The molecule has 0 bridgehead atoms. The summed E-state index contributed by atoms with van der Waals surface area (Å²) in [6, 6.07) is 14.0. The first-order valence-electron chi connectivity index (χ1n) is 7.50. The molecule has 0 fully saturated rings. The Labute approximate surface area is 134 Å². The van der Waals surface area contributed by atoms with Crippen molar-refractivity contribution in [2.24, 2.45) is 0 Å². The van der Waals surface area contributed by atoms with Gasteiger partial charge in [0, 0.05) is 17.8 Å². The molecule has 4 rings (SSSR count). The molecule has 2 heterocycles. The van der Waals surface area contributed by atoms with Gasteiger partial charge < -0.3 is 4.74 Å². The van der Waals surface area contributed by atoms with Crippen LogP contribution in [0.1, 0.15) is 27.0 Å². The Kier molecular flexibility index (Phi) is 3.23. The van der Waals surface area contributed by atoms with E-state index in [4.69, 9.17) is 4.74 Å². The number of fused-ring (bicyclic) bond motifs is 3. The second-order valence-electron chi connectivity index (χ2n) is 5.61. The molecule has 1 aromatic heterocycles. The minimum absolute atomic E-state index is 0.111. The van der Waals surface area contributed by atoms with E-state index in [9.17, 15) is 4.79 Å². The largest absolute Gasteiger partial charge is 0.481 e. The molecule has 0 saturated carbocycles. The summed E-state index contributed by atoms with van der Waals surface area (Å²) >= 11 is 0. The van der Waals surface area contributed by atoms with Gasteiger partial charge in [-0.2, -0.15) is 0 Å². The lowest BCUT2D eigenvalue weighted by Crippen LogP contribution is -2.04. The molecule has 2 aromatic carbocycles. The van der Waals surface area contributed by atoms with Gasteiger partial charge in [0.05, 0.1) is 13.7 Å². The number of amides is 1. The van der Waals surface area contributed by atoms with Crippen LogP contribution < -0.4 is 10.1 Å². The van der Waals surface area contributed by atoms with Crippen molar-refractivity contribution >= 4 is 16.7 Å². The lowest BCUT2D eigenvalue weighted by atomic mass is 9.93. The third-order valence-corrected chi connectivity index (χ3v) is 4.25. The second kappa shape index (κ2) is 5.39. The van der Waals surface area contributed by atoms with Gasteiger partial charge >= 0.3 is 0 Å². The summed E-state index contributed by atoms with van der Waals surface area (Å²) in [6.07, 6.45) is 2.53. The second-order valence-corrected chi connectivity index (χ2v) is 5.61. The molecule has 3 aromatic rings. The first kappa shape index (κ1) is 13.8. The number of ether oxygens (including phenoxy) is 1. The average molecular weight is 303 g/mol. The van der Waals surface area contributed by atoms with Crippen LogP contribution in [0, 0.1) is 0 Å². The van der Waals surface area contributed by atoms with Gasteiger partial charge in [0.15, 0.2) is 0 Å². The van der Waals surface area contributed by atoms with E-state index in [-0.39, 0.29) is 5.91 Å². The normalized spacial score (nSPS) is 13.0. The highest BCUT2D eigenvalue weighted by Gasteiger charge is 2.24. The molecule has 4 heteroatoms. The lowest BCUT2D eigenvalue weighted by Gasteiger charge is -2.11. The fraction of sp³-hybridized carbons (Fsp3) is 0.158. The van der Waals surface area contributed by atoms with E-state index in [0.29, 0.717) is 12.4 Å². The number of carbonyl (C=O) groups is 1. The van der Waals surface area contributed by atoms with Crippen LogP contribution in [0.15, 0.2) is 48.7 Å². The minimum Gasteiger partial charge on any atom is -0.481 e. The van der Waals surface area contributed by atoms with Crippen LogP contribution in [0.2, 0.25) is 0 Å². The van der Waals surface area contributed by atoms with Crippen LogP contribution in [0.5, 0.6) is 5.88 Å². The van der Waals surface area contributed by atoms with Gasteiger partial charge in [0.25, 0.3) is 5.91 Å². The van der Waals surface area contributed by atoms with E-state index in [1.165, 1.54) is 5.39 Å². The summed E-state index contributed by atoms with van der Waals surface area (Å²) in [6.45, 7) is 0.485. The predicted molar refractivity (Wildman–Crippen MR) is 87.7 cm³/mol. The number of aromatic nitrogens is 1. The van der Waals surface area contributed by atoms with Crippen LogP contribution >= 0.6 is 0 Å². The Morgan fingerprint density at radius 1 is 1.13 bits per heavy atom. The van der Waals surface area contributed by atoms with Crippen molar-refractivity contribution in [1.29, 1.82) is 0 Å². The minimum atomic E-state index is -0.111. The van der Waals surface area contributed by atoms with Crippen molar-refractivity contribution in [3.63, 3.8) is 0 Å². The van der Waals surface area contributed by atoms with Gasteiger partial charge in [-0.15, -0.1) is 0 Å². The number of carbonyl (C=O) groups excluding carboxylic acids is 1. The number of hydrogen-bond donors (Lipinski definition) is 0. The predicted octanol–water partition coefficient (Wildman–Crippen LogP) is 3.09. The smallest absolute Gasteiger partial charge is 0.273 e. The SMILES string of the molecule is COc1ccc(Cc2cc3c(c4ccccc24)C[N]C3=O)cn1. The van der Waals surface area contributed by atoms with Crippen molar-refractivity contribution < 1.29 is 9.53 Å². The summed E-state index contributed by atoms with van der Waals surface area (Å²) in [7, 11) is 1.60. The topological polar surface area (TPSA) is 53.3 Å². The number of benzene rings is 2. The van der Waals surface area contributed by atoms with Crippen molar-refractivity contribution in [1.82, 2.24) is 10.3 Å². The van der Waals surface area contributed by atoms with Crippen molar-refractivity contribution in [3.05, 3.63) is 70.9 Å².